The summed E-state index contributed by atoms with van der Waals surface area (Å²) in [5.41, 5.74) is 5.74. The van der Waals surface area contributed by atoms with Gasteiger partial charge in [-0.05, 0) is 45.2 Å². The van der Waals surface area contributed by atoms with Gasteiger partial charge in [-0.3, -0.25) is 9.69 Å². The number of aromatic nitrogens is 1. The van der Waals surface area contributed by atoms with Crippen LogP contribution in [0.5, 0.6) is 0 Å². The van der Waals surface area contributed by atoms with E-state index in [2.05, 4.69) is 5.32 Å². The van der Waals surface area contributed by atoms with Crippen LogP contribution in [-0.4, -0.2) is 64.1 Å². The van der Waals surface area contributed by atoms with Crippen LogP contribution in [0.15, 0.2) is 40.2 Å². The largest absolute Gasteiger partial charge is 0.477 e. The average molecular weight is 431 g/mol. The Bertz CT molecular complexity index is 1150. The molecule has 164 valence electrons. The van der Waals surface area contributed by atoms with Gasteiger partial charge < -0.3 is 20.7 Å². The van der Waals surface area contributed by atoms with Crippen molar-refractivity contribution in [2.24, 2.45) is 5.73 Å². The molecule has 1 aromatic rings. The van der Waals surface area contributed by atoms with Crippen LogP contribution < -0.4 is 16.5 Å². The molecule has 1 aromatic heterocycles. The summed E-state index contributed by atoms with van der Waals surface area (Å²) in [6, 6.07) is -0.242. The van der Waals surface area contributed by atoms with Gasteiger partial charge >= 0.3 is 5.97 Å². The predicted molar refractivity (Wildman–Crippen MR) is 111 cm³/mol. The van der Waals surface area contributed by atoms with Crippen molar-refractivity contribution in [2.75, 3.05) is 26.0 Å². The second-order valence-corrected chi connectivity index (χ2v) is 8.72. The van der Waals surface area contributed by atoms with E-state index in [-0.39, 0.29) is 35.3 Å². The highest BCUT2D eigenvalue weighted by Crippen LogP contribution is 2.45. The number of nitrogens with two attached hydrogens (primary N) is 1. The van der Waals surface area contributed by atoms with Crippen LogP contribution >= 0.6 is 0 Å². The summed E-state index contributed by atoms with van der Waals surface area (Å²) in [6.45, 7) is 0.189. The van der Waals surface area contributed by atoms with Crippen LogP contribution in [0.3, 0.4) is 0 Å². The molecule has 0 aromatic carbocycles. The number of nitrogens with one attached hydrogen (secondary N) is 1. The van der Waals surface area contributed by atoms with E-state index < -0.39 is 29.2 Å². The lowest BCUT2D eigenvalue weighted by molar-refractivity contribution is -0.130. The van der Waals surface area contributed by atoms with Crippen LogP contribution in [0.25, 0.3) is 6.08 Å². The Balaban J connectivity index is 1.61. The lowest BCUT2D eigenvalue weighted by atomic mass is 9.90. The first-order valence-corrected chi connectivity index (χ1v) is 10.1. The second kappa shape index (κ2) is 6.59. The Labute approximate surface area is 176 Å². The molecular formula is C21H23F2N5O3. The highest BCUT2D eigenvalue weighted by molar-refractivity contribution is 5.90. The standard InChI is InChI=1S/C21H23F2N5O3/c1-26(2)19-14(24)9-28(19)21(23)7-15-10(6-16(21)22)5-12-17(29)13(20(30)31)8-27(11-3-4-11)18(12)25-15/h5-8,11,14,19,25H,3-4,9,24H2,1-2H3,(H,30,31). The third-order valence-electron chi connectivity index (χ3n) is 6.32. The Hall–Kier alpha value is -2.82. The van der Waals surface area contributed by atoms with Crippen molar-refractivity contribution >= 4 is 17.9 Å². The van der Waals surface area contributed by atoms with Gasteiger partial charge in [-0.2, -0.15) is 0 Å². The number of hydrogen-bond acceptors (Lipinski definition) is 6. The second-order valence-electron chi connectivity index (χ2n) is 8.72. The van der Waals surface area contributed by atoms with Gasteiger partial charge in [0.2, 0.25) is 11.2 Å². The molecule has 0 spiro atoms. The minimum Gasteiger partial charge on any atom is -0.477 e. The van der Waals surface area contributed by atoms with Crippen molar-refractivity contribution in [2.45, 2.75) is 36.9 Å². The molecule has 1 saturated carbocycles. The number of nitrogens with zero attached hydrogens (tertiary/aromatic N) is 3. The number of likely N-dealkylation sites (tertiary alicyclic amines) is 1. The zero-order valence-electron chi connectivity index (χ0n) is 17.1. The summed E-state index contributed by atoms with van der Waals surface area (Å²) in [4.78, 5) is 27.4. The van der Waals surface area contributed by atoms with Crippen LogP contribution in [-0.2, 0) is 0 Å². The Morgan fingerprint density at radius 1 is 1.35 bits per heavy atom. The minimum absolute atomic E-state index is 0.0630. The summed E-state index contributed by atoms with van der Waals surface area (Å²) < 4.78 is 32.7. The number of carboxylic acid groups (broad SMARTS) is 1. The fourth-order valence-electron chi connectivity index (χ4n) is 4.61. The zero-order valence-corrected chi connectivity index (χ0v) is 17.1. The fourth-order valence-corrected chi connectivity index (χ4v) is 4.61. The number of anilines is 1. The summed E-state index contributed by atoms with van der Waals surface area (Å²) >= 11 is 0. The molecule has 3 heterocycles. The molecule has 3 atom stereocenters. The number of hydrogen-bond donors (Lipinski definition) is 3. The van der Waals surface area contributed by atoms with E-state index >= 15 is 8.78 Å². The topological polar surface area (TPSA) is 104 Å². The van der Waals surface area contributed by atoms with Crippen molar-refractivity contribution in [3.8, 4) is 0 Å². The van der Waals surface area contributed by atoms with E-state index in [0.717, 1.165) is 18.9 Å². The maximum absolute atomic E-state index is 16.0. The van der Waals surface area contributed by atoms with E-state index in [4.69, 9.17) is 5.73 Å². The van der Waals surface area contributed by atoms with Gasteiger partial charge in [0.1, 0.15) is 11.4 Å². The summed E-state index contributed by atoms with van der Waals surface area (Å²) in [5, 5.41) is 12.5. The predicted octanol–water partition coefficient (Wildman–Crippen LogP) is 1.64. The highest BCUT2D eigenvalue weighted by atomic mass is 19.2. The average Bonchev–Trinajstić information content (AvgIpc) is 3.50. The summed E-state index contributed by atoms with van der Waals surface area (Å²) in [5.74, 6) is -4.41. The minimum atomic E-state index is -2.48. The van der Waals surface area contributed by atoms with Crippen LogP contribution in [0.4, 0.5) is 14.6 Å². The van der Waals surface area contributed by atoms with Gasteiger partial charge in [-0.25, -0.2) is 18.5 Å². The van der Waals surface area contributed by atoms with Gasteiger partial charge in [-0.15, -0.1) is 0 Å². The summed E-state index contributed by atoms with van der Waals surface area (Å²) in [7, 11) is 3.51. The van der Waals surface area contributed by atoms with E-state index in [1.165, 1.54) is 23.2 Å². The third-order valence-corrected chi connectivity index (χ3v) is 6.32. The van der Waals surface area contributed by atoms with E-state index in [1.807, 2.05) is 0 Å². The van der Waals surface area contributed by atoms with Gasteiger partial charge in [0.15, 0.2) is 5.83 Å². The molecule has 5 rings (SSSR count). The number of pyridine rings is 1. The fraction of sp³-hybridized carbons (Fsp3) is 0.429. The molecular weight excluding hydrogens is 408 g/mol. The van der Waals surface area contributed by atoms with Crippen LogP contribution in [0.2, 0.25) is 0 Å². The van der Waals surface area contributed by atoms with Crippen molar-refractivity contribution < 1.29 is 18.7 Å². The molecule has 4 N–H and O–H groups in total. The highest BCUT2D eigenvalue weighted by Gasteiger charge is 2.54. The first-order chi connectivity index (χ1) is 14.6. The van der Waals surface area contributed by atoms with Crippen molar-refractivity contribution in [1.82, 2.24) is 14.4 Å². The molecule has 1 saturated heterocycles. The lowest BCUT2D eigenvalue weighted by Crippen LogP contribution is -2.74. The maximum Gasteiger partial charge on any atom is 0.341 e. The van der Waals surface area contributed by atoms with Gasteiger partial charge in [0.25, 0.3) is 0 Å². The van der Waals surface area contributed by atoms with Gasteiger partial charge in [-0.1, -0.05) is 0 Å². The number of halogens is 2. The van der Waals surface area contributed by atoms with E-state index in [9.17, 15) is 14.7 Å². The van der Waals surface area contributed by atoms with Crippen LogP contribution in [0, 0.1) is 0 Å². The number of carboxylic acids is 1. The van der Waals surface area contributed by atoms with Crippen molar-refractivity contribution in [3.05, 3.63) is 56.8 Å². The molecule has 0 amide bonds. The number of likely N-dealkylation sites (N-methyl/N-ethyl adjacent to an activating group) is 1. The molecule has 2 aliphatic carbocycles. The molecule has 31 heavy (non-hydrogen) atoms. The normalized spacial score (nSPS) is 29.8. The molecule has 2 aliphatic heterocycles. The van der Waals surface area contributed by atoms with Gasteiger partial charge in [0, 0.05) is 36.1 Å². The van der Waals surface area contributed by atoms with E-state index in [0.29, 0.717) is 11.5 Å². The van der Waals surface area contributed by atoms with Crippen molar-refractivity contribution in [3.63, 3.8) is 0 Å². The number of alkyl halides is 1. The molecule has 3 unspecified atom stereocenters. The first kappa shape index (κ1) is 20.1. The SMILES string of the molecule is CN(C)C1C(N)CN1C1(F)C=C2Nc3c(c(=O)c(C(=O)O)cn3C3CC3)C=C2C=C1F. The number of aromatic carboxylic acids is 1. The Morgan fingerprint density at radius 3 is 2.65 bits per heavy atom. The third kappa shape index (κ3) is 2.89. The smallest absolute Gasteiger partial charge is 0.341 e. The zero-order chi connectivity index (χ0) is 22.2. The molecule has 2 fully saturated rings. The van der Waals surface area contributed by atoms with Gasteiger partial charge in [0.05, 0.1) is 11.7 Å². The van der Waals surface area contributed by atoms with Crippen molar-refractivity contribution in [1.29, 1.82) is 0 Å². The van der Waals surface area contributed by atoms with Crippen LogP contribution in [0.1, 0.15) is 34.8 Å². The quantitative estimate of drug-likeness (QED) is 0.623. The Kier molecular flexibility index (Phi) is 4.27. The molecule has 0 bridgehead atoms. The maximum atomic E-state index is 16.0. The molecule has 0 radical (unpaired) electrons. The van der Waals surface area contributed by atoms with E-state index in [1.54, 1.807) is 23.6 Å². The molecule has 4 aliphatic rings. The number of carbonyl (C=O) groups is 1. The molecule has 10 heteroatoms. The number of fused-ring (bicyclic) bond motifs is 2. The monoisotopic (exact) mass is 431 g/mol. The molecule has 8 nitrogen and oxygen atoms in total. The first-order valence-electron chi connectivity index (χ1n) is 10.1. The number of rotatable bonds is 4. The number of allylic oxidation sites excluding steroid dienone is 1. The lowest BCUT2D eigenvalue weighted by Gasteiger charge is -2.54. The Morgan fingerprint density at radius 2 is 2.06 bits per heavy atom. The summed E-state index contributed by atoms with van der Waals surface area (Å²) in [6.07, 6.45) is 6.21.